The van der Waals surface area contributed by atoms with Crippen molar-refractivity contribution in [3.8, 4) is 17.7 Å². The number of aliphatic hydroxyl groups excluding tert-OH is 1. The van der Waals surface area contributed by atoms with Crippen LogP contribution < -0.4 is 5.32 Å². The maximum absolute atomic E-state index is 15.2. The van der Waals surface area contributed by atoms with E-state index in [9.17, 15) is 10.4 Å². The zero-order chi connectivity index (χ0) is 25.7. The normalized spacial score (nSPS) is 13.5. The fourth-order valence-electron chi connectivity index (χ4n) is 4.66. The van der Waals surface area contributed by atoms with Crippen molar-refractivity contribution in [1.29, 1.82) is 5.26 Å². The van der Waals surface area contributed by atoms with Gasteiger partial charge in [0.25, 0.3) is 0 Å². The van der Waals surface area contributed by atoms with Crippen LogP contribution in [-0.4, -0.2) is 39.6 Å². The number of aryl methyl sites for hydroxylation is 3. The van der Waals surface area contributed by atoms with Crippen LogP contribution in [0.2, 0.25) is 0 Å². The van der Waals surface area contributed by atoms with Gasteiger partial charge in [-0.3, -0.25) is 4.57 Å². The van der Waals surface area contributed by atoms with E-state index in [4.69, 9.17) is 4.98 Å². The van der Waals surface area contributed by atoms with E-state index in [1.165, 1.54) is 10.7 Å². The van der Waals surface area contributed by atoms with E-state index in [0.29, 0.717) is 39.7 Å². The van der Waals surface area contributed by atoms with Gasteiger partial charge in [-0.05, 0) is 69.0 Å². The molecule has 2 N–H and O–H groups in total. The minimum atomic E-state index is -0.821. The lowest BCUT2D eigenvalue weighted by molar-refractivity contribution is 0.198. The Morgan fingerprint density at radius 1 is 1.16 bits per heavy atom. The van der Waals surface area contributed by atoms with Crippen LogP contribution in [0.5, 0.6) is 0 Å². The van der Waals surface area contributed by atoms with Gasteiger partial charge in [0.15, 0.2) is 17.3 Å². The summed E-state index contributed by atoms with van der Waals surface area (Å²) in [4.78, 5) is 9.17. The number of anilines is 2. The molecule has 184 valence electrons. The molecule has 0 radical (unpaired) electrons. The van der Waals surface area contributed by atoms with Gasteiger partial charge in [0.05, 0.1) is 28.5 Å². The molecular formula is C26H22FN9O. The quantitative estimate of drug-likeness (QED) is 0.374. The SMILES string of the molecule is Cc1cc(C#N)nn1-c1nc(-n2cnc3cc(Nc4cc5c(nn4)CCC5)c(F)cc32)ccc1C(C)O. The second kappa shape index (κ2) is 8.76. The van der Waals surface area contributed by atoms with E-state index in [2.05, 4.69) is 25.6 Å². The van der Waals surface area contributed by atoms with Gasteiger partial charge in [0.1, 0.15) is 24.0 Å². The number of hydrogen-bond donors (Lipinski definition) is 2. The Hall–Kier alpha value is -4.69. The number of nitrogens with zero attached hydrogens (tertiary/aromatic N) is 8. The lowest BCUT2D eigenvalue weighted by atomic mass is 10.1. The molecule has 1 atom stereocenters. The summed E-state index contributed by atoms with van der Waals surface area (Å²) in [6.07, 6.45) is 3.67. The Kier molecular flexibility index (Phi) is 5.39. The summed E-state index contributed by atoms with van der Waals surface area (Å²) in [5.74, 6) is 0.853. The van der Waals surface area contributed by atoms with Crippen molar-refractivity contribution >= 4 is 22.5 Å². The first-order valence-electron chi connectivity index (χ1n) is 11.9. The van der Waals surface area contributed by atoms with Crippen molar-refractivity contribution in [2.75, 3.05) is 5.32 Å². The standard InChI is InChI=1S/C26H22FN9O/c1-14-8-17(12-28)34-36(14)26-18(15(2)37)6-7-25(31-26)35-13-29-22-11-21(19(27)10-23(22)35)30-24-9-16-4-3-5-20(16)32-33-24/h6-11,13,15,37H,3-5H2,1-2H3,(H,30,33). The van der Waals surface area contributed by atoms with Gasteiger partial charge in [0.2, 0.25) is 0 Å². The van der Waals surface area contributed by atoms with Gasteiger partial charge < -0.3 is 10.4 Å². The molecule has 4 heterocycles. The predicted octanol–water partition coefficient (Wildman–Crippen LogP) is 4.00. The molecule has 6 rings (SSSR count). The zero-order valence-corrected chi connectivity index (χ0v) is 20.1. The maximum atomic E-state index is 15.2. The molecular weight excluding hydrogens is 473 g/mol. The Bertz CT molecular complexity index is 1710. The number of pyridine rings is 1. The van der Waals surface area contributed by atoms with Crippen molar-refractivity contribution in [3.05, 3.63) is 76.8 Å². The maximum Gasteiger partial charge on any atom is 0.163 e. The van der Waals surface area contributed by atoms with Crippen molar-refractivity contribution in [1.82, 2.24) is 34.5 Å². The third-order valence-corrected chi connectivity index (χ3v) is 6.51. The number of halogens is 1. The number of aromatic nitrogens is 7. The largest absolute Gasteiger partial charge is 0.389 e. The smallest absolute Gasteiger partial charge is 0.163 e. The van der Waals surface area contributed by atoms with Gasteiger partial charge in [-0.25, -0.2) is 19.0 Å². The van der Waals surface area contributed by atoms with Gasteiger partial charge >= 0.3 is 0 Å². The van der Waals surface area contributed by atoms with Crippen LogP contribution in [0.25, 0.3) is 22.7 Å². The lowest BCUT2D eigenvalue weighted by Crippen LogP contribution is -2.11. The number of hydrogen-bond acceptors (Lipinski definition) is 8. The molecule has 5 aromatic rings. The van der Waals surface area contributed by atoms with Crippen LogP contribution in [0.1, 0.15) is 47.7 Å². The van der Waals surface area contributed by atoms with Gasteiger partial charge in [-0.15, -0.1) is 5.10 Å². The highest BCUT2D eigenvalue weighted by Crippen LogP contribution is 2.29. The first kappa shape index (κ1) is 22.8. The third kappa shape index (κ3) is 3.97. The highest BCUT2D eigenvalue weighted by atomic mass is 19.1. The van der Waals surface area contributed by atoms with E-state index in [0.717, 1.165) is 30.5 Å². The van der Waals surface area contributed by atoms with Crippen molar-refractivity contribution in [2.24, 2.45) is 0 Å². The average Bonchev–Trinajstić information content (AvgIpc) is 3.61. The summed E-state index contributed by atoms with van der Waals surface area (Å²) in [6.45, 7) is 3.43. The number of fused-ring (bicyclic) bond motifs is 2. The van der Waals surface area contributed by atoms with Crippen LogP contribution in [0.4, 0.5) is 15.9 Å². The van der Waals surface area contributed by atoms with Crippen LogP contribution >= 0.6 is 0 Å². The van der Waals surface area contributed by atoms with Crippen molar-refractivity contribution in [3.63, 3.8) is 0 Å². The summed E-state index contributed by atoms with van der Waals surface area (Å²) >= 11 is 0. The molecule has 0 saturated carbocycles. The molecule has 4 aromatic heterocycles. The highest BCUT2D eigenvalue weighted by molar-refractivity contribution is 5.82. The Balaban J connectivity index is 1.40. The first-order valence-corrected chi connectivity index (χ1v) is 11.9. The molecule has 0 aliphatic heterocycles. The van der Waals surface area contributed by atoms with Crippen LogP contribution in [-0.2, 0) is 12.8 Å². The van der Waals surface area contributed by atoms with E-state index in [1.807, 2.05) is 12.1 Å². The highest BCUT2D eigenvalue weighted by Gasteiger charge is 2.19. The van der Waals surface area contributed by atoms with E-state index in [1.54, 1.807) is 49.0 Å². The fraction of sp³-hybridized carbons (Fsp3) is 0.231. The molecule has 0 bridgehead atoms. The Morgan fingerprint density at radius 2 is 2.03 bits per heavy atom. The molecule has 1 unspecified atom stereocenters. The summed E-state index contributed by atoms with van der Waals surface area (Å²) in [5.41, 5.74) is 4.93. The topological polar surface area (TPSA) is 130 Å². The number of aliphatic hydroxyl groups is 1. The molecule has 1 aromatic carbocycles. The van der Waals surface area contributed by atoms with Crippen LogP contribution in [0, 0.1) is 24.1 Å². The second-order valence-electron chi connectivity index (χ2n) is 9.07. The van der Waals surface area contributed by atoms with E-state index in [-0.39, 0.29) is 11.4 Å². The molecule has 0 fully saturated rings. The molecule has 10 nitrogen and oxygen atoms in total. The Labute approximate surface area is 211 Å². The van der Waals surface area contributed by atoms with Crippen LogP contribution in [0.15, 0.2) is 42.7 Å². The monoisotopic (exact) mass is 495 g/mol. The molecule has 1 aliphatic rings. The molecule has 11 heteroatoms. The summed E-state index contributed by atoms with van der Waals surface area (Å²) in [5, 5.41) is 35.3. The fourth-order valence-corrected chi connectivity index (χ4v) is 4.66. The predicted molar refractivity (Wildman–Crippen MR) is 133 cm³/mol. The number of rotatable bonds is 5. The van der Waals surface area contributed by atoms with Gasteiger partial charge in [0, 0.05) is 17.3 Å². The molecule has 0 amide bonds. The van der Waals surface area contributed by atoms with Gasteiger partial charge in [-0.1, -0.05) is 0 Å². The minimum Gasteiger partial charge on any atom is -0.389 e. The van der Waals surface area contributed by atoms with E-state index >= 15 is 4.39 Å². The van der Waals surface area contributed by atoms with Crippen molar-refractivity contribution in [2.45, 2.75) is 39.2 Å². The Morgan fingerprint density at radius 3 is 2.81 bits per heavy atom. The number of imidazole rings is 1. The van der Waals surface area contributed by atoms with Gasteiger partial charge in [-0.2, -0.15) is 15.5 Å². The number of nitriles is 1. The minimum absolute atomic E-state index is 0.240. The molecule has 0 saturated heterocycles. The number of benzene rings is 1. The molecule has 37 heavy (non-hydrogen) atoms. The summed E-state index contributed by atoms with van der Waals surface area (Å²) < 4.78 is 18.4. The summed E-state index contributed by atoms with van der Waals surface area (Å²) in [7, 11) is 0. The third-order valence-electron chi connectivity index (χ3n) is 6.51. The zero-order valence-electron chi connectivity index (χ0n) is 20.1. The van der Waals surface area contributed by atoms with Crippen molar-refractivity contribution < 1.29 is 9.50 Å². The second-order valence-corrected chi connectivity index (χ2v) is 9.07. The lowest BCUT2D eigenvalue weighted by Gasteiger charge is -2.15. The first-order chi connectivity index (χ1) is 17.9. The molecule has 0 spiro atoms. The van der Waals surface area contributed by atoms with Crippen LogP contribution in [0.3, 0.4) is 0 Å². The molecule has 1 aliphatic carbocycles. The number of nitrogens with one attached hydrogen (secondary N) is 1. The van der Waals surface area contributed by atoms with E-state index < -0.39 is 11.9 Å². The average molecular weight is 496 g/mol. The summed E-state index contributed by atoms with van der Waals surface area (Å²) in [6, 6.07) is 12.1.